The SMILES string of the molecule is CCOc1ccc(N2C(=NC(=O)C3CC3)S[C@@H]3CS(=O)(=O)C[C@@H]32)cc1. The molecular weight excluding hydrogens is 360 g/mol. The van der Waals surface area contributed by atoms with Gasteiger partial charge in [0.25, 0.3) is 5.91 Å². The molecule has 1 aliphatic carbocycles. The fourth-order valence-corrected chi connectivity index (χ4v) is 7.17. The Bertz CT molecular complexity index is 816. The molecule has 0 spiro atoms. The normalized spacial score (nSPS) is 29.0. The molecular formula is C17H20N2O4S2. The van der Waals surface area contributed by atoms with Crippen molar-refractivity contribution in [3.05, 3.63) is 24.3 Å². The highest BCUT2D eigenvalue weighted by atomic mass is 32.2. The summed E-state index contributed by atoms with van der Waals surface area (Å²) in [4.78, 5) is 18.4. The highest BCUT2D eigenvalue weighted by Crippen LogP contribution is 2.42. The van der Waals surface area contributed by atoms with Crippen LogP contribution in [-0.4, -0.2) is 48.9 Å². The van der Waals surface area contributed by atoms with Gasteiger partial charge in [-0.2, -0.15) is 4.99 Å². The van der Waals surface area contributed by atoms with Crippen molar-refractivity contribution in [1.29, 1.82) is 0 Å². The Morgan fingerprint density at radius 3 is 2.64 bits per heavy atom. The maximum Gasteiger partial charge on any atom is 0.251 e. The number of benzene rings is 1. The number of amidine groups is 1. The molecule has 2 heterocycles. The van der Waals surface area contributed by atoms with E-state index in [4.69, 9.17) is 4.74 Å². The molecule has 6 nitrogen and oxygen atoms in total. The molecule has 2 saturated heterocycles. The van der Waals surface area contributed by atoms with Gasteiger partial charge in [-0.05, 0) is 44.0 Å². The molecule has 2 atom stereocenters. The van der Waals surface area contributed by atoms with Gasteiger partial charge in [0.15, 0.2) is 15.0 Å². The monoisotopic (exact) mass is 380 g/mol. The quantitative estimate of drug-likeness (QED) is 0.796. The van der Waals surface area contributed by atoms with Crippen LogP contribution in [0.5, 0.6) is 5.75 Å². The number of aliphatic imine (C=N–C) groups is 1. The lowest BCUT2D eigenvalue weighted by molar-refractivity contribution is -0.118. The lowest BCUT2D eigenvalue weighted by Gasteiger charge is -2.24. The van der Waals surface area contributed by atoms with Crippen LogP contribution in [0.25, 0.3) is 0 Å². The van der Waals surface area contributed by atoms with Crippen LogP contribution >= 0.6 is 11.8 Å². The minimum atomic E-state index is -3.05. The maximum absolute atomic E-state index is 12.2. The number of hydrogen-bond acceptors (Lipinski definition) is 5. The van der Waals surface area contributed by atoms with Crippen LogP contribution in [0.4, 0.5) is 5.69 Å². The van der Waals surface area contributed by atoms with E-state index in [0.717, 1.165) is 24.3 Å². The third-order valence-corrected chi connectivity index (χ3v) is 7.83. The second-order valence-corrected chi connectivity index (χ2v) is 9.96. The van der Waals surface area contributed by atoms with E-state index < -0.39 is 9.84 Å². The molecule has 134 valence electrons. The largest absolute Gasteiger partial charge is 0.494 e. The van der Waals surface area contributed by atoms with Crippen LogP contribution in [0.2, 0.25) is 0 Å². The lowest BCUT2D eigenvalue weighted by atomic mass is 10.2. The summed E-state index contributed by atoms with van der Waals surface area (Å²) < 4.78 is 29.6. The summed E-state index contributed by atoms with van der Waals surface area (Å²) in [6.45, 7) is 2.51. The van der Waals surface area contributed by atoms with Crippen LogP contribution in [-0.2, 0) is 14.6 Å². The number of rotatable bonds is 4. The van der Waals surface area contributed by atoms with Gasteiger partial charge in [0, 0.05) is 16.9 Å². The second kappa shape index (κ2) is 6.32. The molecule has 2 aliphatic heterocycles. The number of nitrogens with zero attached hydrogens (tertiary/aromatic N) is 2. The number of hydrogen-bond donors (Lipinski definition) is 0. The van der Waals surface area contributed by atoms with Gasteiger partial charge in [0.2, 0.25) is 0 Å². The first-order valence-corrected chi connectivity index (χ1v) is 11.2. The number of ether oxygens (including phenoxy) is 1. The summed E-state index contributed by atoms with van der Waals surface area (Å²) in [5, 5.41) is 0.563. The third kappa shape index (κ3) is 3.42. The van der Waals surface area contributed by atoms with E-state index in [1.54, 1.807) is 0 Å². The van der Waals surface area contributed by atoms with E-state index in [-0.39, 0.29) is 34.6 Å². The van der Waals surface area contributed by atoms with E-state index >= 15 is 0 Å². The van der Waals surface area contributed by atoms with Gasteiger partial charge in [0.05, 0.1) is 24.2 Å². The van der Waals surface area contributed by atoms with Crippen molar-refractivity contribution in [2.75, 3.05) is 23.0 Å². The fraction of sp³-hybridized carbons (Fsp3) is 0.529. The molecule has 3 fully saturated rings. The third-order valence-electron chi connectivity index (χ3n) is 4.62. The molecule has 8 heteroatoms. The Morgan fingerprint density at radius 1 is 1.28 bits per heavy atom. The summed E-state index contributed by atoms with van der Waals surface area (Å²) in [5.74, 6) is 0.989. The fourth-order valence-electron chi connectivity index (χ4n) is 3.25. The molecule has 25 heavy (non-hydrogen) atoms. The average Bonchev–Trinajstić information content (AvgIpc) is 3.30. The van der Waals surface area contributed by atoms with Crippen molar-refractivity contribution in [2.45, 2.75) is 31.1 Å². The van der Waals surface area contributed by atoms with Crippen LogP contribution in [0.15, 0.2) is 29.3 Å². The Balaban J connectivity index is 1.66. The van der Waals surface area contributed by atoms with Gasteiger partial charge in [-0.1, -0.05) is 11.8 Å². The van der Waals surface area contributed by atoms with Crippen molar-refractivity contribution in [1.82, 2.24) is 0 Å². The van der Waals surface area contributed by atoms with Gasteiger partial charge < -0.3 is 9.64 Å². The first-order chi connectivity index (χ1) is 12.0. The van der Waals surface area contributed by atoms with E-state index in [9.17, 15) is 13.2 Å². The molecule has 0 N–H and O–H groups in total. The first kappa shape index (κ1) is 16.9. The number of carbonyl (C=O) groups excluding carboxylic acids is 1. The van der Waals surface area contributed by atoms with E-state index in [0.29, 0.717) is 11.8 Å². The van der Waals surface area contributed by atoms with Crippen molar-refractivity contribution < 1.29 is 17.9 Å². The van der Waals surface area contributed by atoms with Crippen molar-refractivity contribution in [3.8, 4) is 5.75 Å². The molecule has 1 aromatic rings. The van der Waals surface area contributed by atoms with E-state index in [2.05, 4.69) is 4.99 Å². The first-order valence-electron chi connectivity index (χ1n) is 8.48. The summed E-state index contributed by atoms with van der Waals surface area (Å²) in [6, 6.07) is 7.35. The number of sulfone groups is 1. The standard InChI is InChI=1S/C17H20N2O4S2/c1-2-23-13-7-5-12(6-8-13)19-14-9-25(21,22)10-15(14)24-17(19)18-16(20)11-3-4-11/h5-8,11,14-15H,2-4,9-10H2,1H3/t14-,15+/m0/s1. The highest BCUT2D eigenvalue weighted by molar-refractivity contribution is 8.16. The second-order valence-electron chi connectivity index (χ2n) is 6.60. The van der Waals surface area contributed by atoms with Gasteiger partial charge in [-0.25, -0.2) is 8.42 Å². The molecule has 1 saturated carbocycles. The summed E-state index contributed by atoms with van der Waals surface area (Å²) >= 11 is 1.42. The van der Waals surface area contributed by atoms with Gasteiger partial charge in [-0.3, -0.25) is 4.79 Å². The van der Waals surface area contributed by atoms with Crippen LogP contribution < -0.4 is 9.64 Å². The maximum atomic E-state index is 12.2. The van der Waals surface area contributed by atoms with Crippen LogP contribution in [0.3, 0.4) is 0 Å². The Kier molecular flexibility index (Phi) is 4.27. The van der Waals surface area contributed by atoms with Gasteiger partial charge in [0.1, 0.15) is 5.75 Å². The minimum Gasteiger partial charge on any atom is -0.494 e. The number of carbonyl (C=O) groups is 1. The summed E-state index contributed by atoms with van der Waals surface area (Å²) in [7, 11) is -3.05. The minimum absolute atomic E-state index is 0.0550. The molecule has 3 aliphatic rings. The Hall–Kier alpha value is -1.54. The lowest BCUT2D eigenvalue weighted by Crippen LogP contribution is -2.37. The molecule has 0 bridgehead atoms. The zero-order valence-corrected chi connectivity index (χ0v) is 15.6. The number of amides is 1. The molecule has 1 aromatic carbocycles. The topological polar surface area (TPSA) is 76.0 Å². The Labute approximate surface area is 151 Å². The van der Waals surface area contributed by atoms with E-state index in [1.807, 2.05) is 36.1 Å². The van der Waals surface area contributed by atoms with Crippen LogP contribution in [0.1, 0.15) is 19.8 Å². The van der Waals surface area contributed by atoms with Gasteiger partial charge >= 0.3 is 0 Å². The van der Waals surface area contributed by atoms with Crippen molar-refractivity contribution in [2.24, 2.45) is 10.9 Å². The molecule has 1 amide bonds. The van der Waals surface area contributed by atoms with Gasteiger partial charge in [-0.15, -0.1) is 0 Å². The predicted molar refractivity (Wildman–Crippen MR) is 99.1 cm³/mol. The highest BCUT2D eigenvalue weighted by Gasteiger charge is 2.49. The number of fused-ring (bicyclic) bond motifs is 1. The molecule has 0 unspecified atom stereocenters. The smallest absolute Gasteiger partial charge is 0.251 e. The van der Waals surface area contributed by atoms with Crippen LogP contribution in [0, 0.1) is 5.92 Å². The summed E-state index contributed by atoms with van der Waals surface area (Å²) in [5.41, 5.74) is 0.850. The van der Waals surface area contributed by atoms with Crippen molar-refractivity contribution in [3.63, 3.8) is 0 Å². The Morgan fingerprint density at radius 2 is 2.00 bits per heavy atom. The number of anilines is 1. The predicted octanol–water partition coefficient (Wildman–Crippen LogP) is 2.10. The van der Waals surface area contributed by atoms with Crippen molar-refractivity contribution >= 4 is 38.4 Å². The zero-order chi connectivity index (χ0) is 17.6. The molecule has 0 radical (unpaired) electrons. The van der Waals surface area contributed by atoms with E-state index in [1.165, 1.54) is 11.8 Å². The molecule has 0 aromatic heterocycles. The zero-order valence-electron chi connectivity index (χ0n) is 13.9. The molecule has 4 rings (SSSR count). The average molecular weight is 380 g/mol. The number of thioether (sulfide) groups is 1. The summed E-state index contributed by atoms with van der Waals surface area (Å²) in [6.07, 6.45) is 1.81.